The molecule has 0 bridgehead atoms. The highest BCUT2D eigenvalue weighted by molar-refractivity contribution is 7.89. The molecule has 1 aliphatic rings. The molecule has 3 heterocycles. The molecule has 0 spiro atoms. The molecule has 9 nitrogen and oxygen atoms in total. The van der Waals surface area contributed by atoms with Crippen molar-refractivity contribution in [1.82, 2.24) is 29.2 Å². The highest BCUT2D eigenvalue weighted by atomic mass is 32.2. The average molecular weight is 409 g/mol. The van der Waals surface area contributed by atoms with E-state index in [-0.39, 0.29) is 29.3 Å². The zero-order valence-corrected chi connectivity index (χ0v) is 17.6. The van der Waals surface area contributed by atoms with Gasteiger partial charge in [-0.25, -0.2) is 8.42 Å². The van der Waals surface area contributed by atoms with Gasteiger partial charge in [-0.05, 0) is 33.6 Å². The lowest BCUT2D eigenvalue weighted by atomic mass is 9.98. The normalized spacial score (nSPS) is 19.5. The van der Waals surface area contributed by atoms with Crippen molar-refractivity contribution in [3.8, 4) is 0 Å². The minimum absolute atomic E-state index is 0.123. The fourth-order valence-corrected chi connectivity index (χ4v) is 5.10. The summed E-state index contributed by atoms with van der Waals surface area (Å²) in [5.74, 6) is -0.494. The number of hydrogen-bond donors (Lipinski definition) is 1. The van der Waals surface area contributed by atoms with Crippen LogP contribution in [0.3, 0.4) is 0 Å². The van der Waals surface area contributed by atoms with Crippen LogP contribution in [-0.4, -0.2) is 51.3 Å². The quantitative estimate of drug-likeness (QED) is 0.774. The largest absolute Gasteiger partial charge is 0.349 e. The Hall–Kier alpha value is -2.20. The van der Waals surface area contributed by atoms with Gasteiger partial charge in [-0.15, -0.1) is 0 Å². The van der Waals surface area contributed by atoms with Gasteiger partial charge in [0.2, 0.25) is 15.9 Å². The smallest absolute Gasteiger partial charge is 0.246 e. The van der Waals surface area contributed by atoms with Gasteiger partial charge in [-0.1, -0.05) is 0 Å². The summed E-state index contributed by atoms with van der Waals surface area (Å²) in [7, 11) is -1.96. The highest BCUT2D eigenvalue weighted by Crippen LogP contribution is 2.25. The van der Waals surface area contributed by atoms with E-state index < -0.39 is 10.0 Å². The van der Waals surface area contributed by atoms with Crippen LogP contribution in [0.15, 0.2) is 23.5 Å². The summed E-state index contributed by atoms with van der Waals surface area (Å²) in [6.07, 6.45) is 6.09. The third-order valence-electron chi connectivity index (χ3n) is 5.21. The number of hydrogen-bond acceptors (Lipinski definition) is 5. The molecule has 1 aliphatic heterocycles. The van der Waals surface area contributed by atoms with E-state index in [1.54, 1.807) is 7.05 Å². The SMILES string of the molecule is CCn1cc([C@@H](C)NC(=O)[C@@H]2CCCN(S(=O)(=O)c3cnn(C)c3)C2)c(C)n1. The van der Waals surface area contributed by atoms with E-state index in [0.717, 1.165) is 17.8 Å². The molecule has 2 aromatic rings. The monoisotopic (exact) mass is 408 g/mol. The average Bonchev–Trinajstić information content (AvgIpc) is 3.27. The summed E-state index contributed by atoms with van der Waals surface area (Å²) in [4.78, 5) is 13.0. The first kappa shape index (κ1) is 20.5. The van der Waals surface area contributed by atoms with Crippen LogP contribution in [0.2, 0.25) is 0 Å². The number of amides is 1. The second-order valence-corrected chi connectivity index (χ2v) is 9.25. The van der Waals surface area contributed by atoms with E-state index in [1.165, 1.54) is 21.4 Å². The van der Waals surface area contributed by atoms with Gasteiger partial charge in [0.15, 0.2) is 0 Å². The maximum Gasteiger partial charge on any atom is 0.246 e. The van der Waals surface area contributed by atoms with Crippen LogP contribution in [0, 0.1) is 12.8 Å². The Labute approximate surface area is 165 Å². The Kier molecular flexibility index (Phi) is 5.90. The van der Waals surface area contributed by atoms with Crippen LogP contribution < -0.4 is 5.32 Å². The number of sulfonamides is 1. The zero-order valence-electron chi connectivity index (χ0n) is 16.8. The van der Waals surface area contributed by atoms with E-state index in [0.29, 0.717) is 19.4 Å². The second kappa shape index (κ2) is 8.04. The number of carbonyl (C=O) groups excluding carboxylic acids is 1. The number of nitrogens with zero attached hydrogens (tertiary/aromatic N) is 5. The van der Waals surface area contributed by atoms with Crippen molar-refractivity contribution in [1.29, 1.82) is 0 Å². The van der Waals surface area contributed by atoms with Crippen molar-refractivity contribution in [3.63, 3.8) is 0 Å². The first-order chi connectivity index (χ1) is 13.2. The molecular weight excluding hydrogens is 380 g/mol. The minimum Gasteiger partial charge on any atom is -0.349 e. The second-order valence-electron chi connectivity index (χ2n) is 7.31. The molecule has 0 aromatic carbocycles. The van der Waals surface area contributed by atoms with Crippen LogP contribution in [0.1, 0.15) is 44.0 Å². The van der Waals surface area contributed by atoms with Crippen LogP contribution >= 0.6 is 0 Å². The molecule has 2 aromatic heterocycles. The Morgan fingerprint density at radius 3 is 2.75 bits per heavy atom. The van der Waals surface area contributed by atoms with Crippen molar-refractivity contribution in [2.45, 2.75) is 51.1 Å². The maximum atomic E-state index is 12.8. The van der Waals surface area contributed by atoms with Crippen molar-refractivity contribution >= 4 is 15.9 Å². The molecule has 0 unspecified atom stereocenters. The molecule has 1 amide bonds. The lowest BCUT2D eigenvalue weighted by molar-refractivity contribution is -0.126. The summed E-state index contributed by atoms with van der Waals surface area (Å²) in [5, 5.41) is 11.4. The highest BCUT2D eigenvalue weighted by Gasteiger charge is 2.34. The Morgan fingerprint density at radius 1 is 1.39 bits per heavy atom. The van der Waals surface area contributed by atoms with Crippen LogP contribution in [0.4, 0.5) is 0 Å². The minimum atomic E-state index is -3.64. The first-order valence-electron chi connectivity index (χ1n) is 9.55. The van der Waals surface area contributed by atoms with Gasteiger partial charge < -0.3 is 5.32 Å². The molecule has 1 saturated heterocycles. The van der Waals surface area contributed by atoms with Crippen LogP contribution in [0.5, 0.6) is 0 Å². The van der Waals surface area contributed by atoms with Gasteiger partial charge in [-0.2, -0.15) is 14.5 Å². The third kappa shape index (κ3) is 4.12. The van der Waals surface area contributed by atoms with Crippen molar-refractivity contribution in [3.05, 3.63) is 29.8 Å². The van der Waals surface area contributed by atoms with E-state index >= 15 is 0 Å². The summed E-state index contributed by atoms with van der Waals surface area (Å²) in [6.45, 7) is 7.23. The molecule has 1 N–H and O–H groups in total. The summed E-state index contributed by atoms with van der Waals surface area (Å²) in [5.41, 5.74) is 1.87. The summed E-state index contributed by atoms with van der Waals surface area (Å²) < 4.78 is 30.3. The van der Waals surface area contributed by atoms with Gasteiger partial charge in [-0.3, -0.25) is 14.2 Å². The van der Waals surface area contributed by atoms with E-state index in [4.69, 9.17) is 0 Å². The first-order valence-corrected chi connectivity index (χ1v) is 11.0. The molecule has 3 rings (SSSR count). The molecule has 2 atom stereocenters. The van der Waals surface area contributed by atoms with Crippen molar-refractivity contribution < 1.29 is 13.2 Å². The van der Waals surface area contributed by atoms with E-state index in [2.05, 4.69) is 15.5 Å². The summed E-state index contributed by atoms with van der Waals surface area (Å²) in [6, 6.07) is -0.182. The number of rotatable bonds is 6. The predicted molar refractivity (Wildman–Crippen MR) is 104 cm³/mol. The van der Waals surface area contributed by atoms with Crippen molar-refractivity contribution in [2.75, 3.05) is 13.1 Å². The van der Waals surface area contributed by atoms with Gasteiger partial charge in [0.25, 0.3) is 0 Å². The van der Waals surface area contributed by atoms with Gasteiger partial charge in [0.05, 0.1) is 23.9 Å². The number of aromatic nitrogens is 4. The molecule has 0 aliphatic carbocycles. The molecular formula is C18H28N6O3S. The van der Waals surface area contributed by atoms with E-state index in [1.807, 2.05) is 31.6 Å². The fourth-order valence-electron chi connectivity index (χ4n) is 3.59. The topological polar surface area (TPSA) is 102 Å². The molecule has 0 radical (unpaired) electrons. The Bertz CT molecular complexity index is 948. The standard InChI is InChI=1S/C18H28N6O3S/c1-5-23-12-17(14(3)21-23)13(2)20-18(25)15-7-6-8-24(10-15)28(26,27)16-9-19-22(4)11-16/h9,11-13,15H,5-8,10H2,1-4H3,(H,20,25)/t13-,15-/m1/s1. The Balaban J connectivity index is 1.68. The molecule has 28 heavy (non-hydrogen) atoms. The van der Waals surface area contributed by atoms with Gasteiger partial charge in [0.1, 0.15) is 4.90 Å². The maximum absolute atomic E-state index is 12.8. The lowest BCUT2D eigenvalue weighted by Crippen LogP contribution is -2.45. The van der Waals surface area contributed by atoms with E-state index in [9.17, 15) is 13.2 Å². The number of nitrogens with one attached hydrogen (secondary N) is 1. The van der Waals surface area contributed by atoms with Crippen LogP contribution in [0.25, 0.3) is 0 Å². The van der Waals surface area contributed by atoms with Gasteiger partial charge >= 0.3 is 0 Å². The molecule has 0 saturated carbocycles. The lowest BCUT2D eigenvalue weighted by Gasteiger charge is -2.31. The molecule has 154 valence electrons. The van der Waals surface area contributed by atoms with Crippen LogP contribution in [-0.2, 0) is 28.4 Å². The number of aryl methyl sites for hydroxylation is 3. The predicted octanol–water partition coefficient (Wildman–Crippen LogP) is 1.22. The third-order valence-corrected chi connectivity index (χ3v) is 7.03. The number of carbonyl (C=O) groups is 1. The molecule has 1 fully saturated rings. The number of piperidine rings is 1. The fraction of sp³-hybridized carbons (Fsp3) is 0.611. The van der Waals surface area contributed by atoms with Crippen molar-refractivity contribution in [2.24, 2.45) is 13.0 Å². The summed E-state index contributed by atoms with van der Waals surface area (Å²) >= 11 is 0. The molecule has 10 heteroatoms. The Morgan fingerprint density at radius 2 is 2.14 bits per heavy atom. The zero-order chi connectivity index (χ0) is 20.5. The van der Waals surface area contributed by atoms with Gasteiger partial charge in [0, 0.05) is 44.6 Å².